The van der Waals surface area contributed by atoms with Gasteiger partial charge in [0, 0.05) is 6.04 Å². The van der Waals surface area contributed by atoms with E-state index in [0.717, 1.165) is 0 Å². The van der Waals surface area contributed by atoms with Gasteiger partial charge in [0.25, 0.3) is 5.91 Å². The van der Waals surface area contributed by atoms with E-state index >= 15 is 0 Å². The Morgan fingerprint density at radius 2 is 1.95 bits per heavy atom. The molecule has 0 bridgehead atoms. The van der Waals surface area contributed by atoms with Gasteiger partial charge in [0.05, 0.1) is 12.7 Å². The quantitative estimate of drug-likeness (QED) is 0.809. The van der Waals surface area contributed by atoms with Gasteiger partial charge in [0.2, 0.25) is 0 Å². The second-order valence-corrected chi connectivity index (χ2v) is 4.91. The van der Waals surface area contributed by atoms with Crippen LogP contribution in [-0.4, -0.2) is 31.6 Å². The Hall–Kier alpha value is -2.04. The lowest BCUT2D eigenvalue weighted by molar-refractivity contribution is -0.124. The molecular weight excluding hydrogens is 258 g/mol. The van der Waals surface area contributed by atoms with E-state index in [1.807, 2.05) is 20.8 Å². The maximum absolute atomic E-state index is 11.7. The number of hydrogen-bond donors (Lipinski definition) is 1. The van der Waals surface area contributed by atoms with Crippen LogP contribution in [-0.2, 0) is 9.53 Å². The minimum Gasteiger partial charge on any atom is -0.484 e. The third-order valence-corrected chi connectivity index (χ3v) is 3.01. The lowest BCUT2D eigenvalue weighted by atomic mass is 10.1. The zero-order valence-electron chi connectivity index (χ0n) is 12.3. The van der Waals surface area contributed by atoms with Gasteiger partial charge in [-0.15, -0.1) is 0 Å². The Balaban J connectivity index is 2.53. The summed E-state index contributed by atoms with van der Waals surface area (Å²) in [6, 6.07) is 6.62. The molecule has 1 aromatic carbocycles. The van der Waals surface area contributed by atoms with E-state index in [0.29, 0.717) is 17.2 Å². The van der Waals surface area contributed by atoms with E-state index in [2.05, 4.69) is 10.1 Å². The van der Waals surface area contributed by atoms with Gasteiger partial charge in [0.15, 0.2) is 6.61 Å². The van der Waals surface area contributed by atoms with Gasteiger partial charge < -0.3 is 14.8 Å². The molecule has 1 aromatic rings. The summed E-state index contributed by atoms with van der Waals surface area (Å²) < 4.78 is 9.99. The van der Waals surface area contributed by atoms with E-state index in [1.165, 1.54) is 7.11 Å². The summed E-state index contributed by atoms with van der Waals surface area (Å²) in [7, 11) is 1.32. The van der Waals surface area contributed by atoms with Crippen LogP contribution in [0.3, 0.4) is 0 Å². The molecule has 110 valence electrons. The van der Waals surface area contributed by atoms with Crippen molar-refractivity contribution >= 4 is 11.9 Å². The molecule has 0 saturated carbocycles. The molecule has 0 spiro atoms. The standard InChI is InChI=1S/C15H21NO4/c1-10(2)11(3)16-14(17)9-20-13-7-5-6-12(8-13)15(18)19-4/h5-8,10-11H,9H2,1-4H3,(H,16,17)/t11-/m1/s1. The molecule has 5 heteroatoms. The van der Waals surface area contributed by atoms with Crippen molar-refractivity contribution in [3.05, 3.63) is 29.8 Å². The first-order valence-corrected chi connectivity index (χ1v) is 6.54. The third-order valence-electron chi connectivity index (χ3n) is 3.01. The Labute approximate surface area is 119 Å². The highest BCUT2D eigenvalue weighted by molar-refractivity contribution is 5.89. The largest absolute Gasteiger partial charge is 0.484 e. The van der Waals surface area contributed by atoms with Crippen molar-refractivity contribution < 1.29 is 19.1 Å². The first kappa shape index (κ1) is 16.0. The normalized spacial score (nSPS) is 11.8. The molecule has 1 N–H and O–H groups in total. The monoisotopic (exact) mass is 279 g/mol. The average molecular weight is 279 g/mol. The first-order chi connectivity index (χ1) is 9.43. The van der Waals surface area contributed by atoms with Crippen molar-refractivity contribution in [1.82, 2.24) is 5.32 Å². The van der Waals surface area contributed by atoms with Crippen LogP contribution < -0.4 is 10.1 Å². The molecule has 0 aliphatic rings. The molecule has 0 radical (unpaired) electrons. The van der Waals surface area contributed by atoms with Crippen LogP contribution in [0.15, 0.2) is 24.3 Å². The van der Waals surface area contributed by atoms with Crippen LogP contribution in [0.5, 0.6) is 5.75 Å². The molecule has 1 rings (SSSR count). The van der Waals surface area contributed by atoms with Crippen LogP contribution in [0.2, 0.25) is 0 Å². The van der Waals surface area contributed by atoms with Crippen molar-refractivity contribution in [2.45, 2.75) is 26.8 Å². The Morgan fingerprint density at radius 3 is 2.55 bits per heavy atom. The number of carbonyl (C=O) groups is 2. The van der Waals surface area contributed by atoms with Crippen LogP contribution in [0.1, 0.15) is 31.1 Å². The van der Waals surface area contributed by atoms with Crippen molar-refractivity contribution in [1.29, 1.82) is 0 Å². The number of hydrogen-bond acceptors (Lipinski definition) is 4. The number of esters is 1. The maximum Gasteiger partial charge on any atom is 0.337 e. The SMILES string of the molecule is COC(=O)c1cccc(OCC(=O)N[C@H](C)C(C)C)c1. The van der Waals surface area contributed by atoms with Crippen LogP contribution >= 0.6 is 0 Å². The molecule has 1 atom stereocenters. The Bertz CT molecular complexity index is 471. The molecule has 0 aliphatic carbocycles. The van der Waals surface area contributed by atoms with E-state index < -0.39 is 5.97 Å². The molecular formula is C15H21NO4. The van der Waals surface area contributed by atoms with Gasteiger partial charge in [-0.25, -0.2) is 4.79 Å². The molecule has 0 heterocycles. The fourth-order valence-corrected chi connectivity index (χ4v) is 1.44. The van der Waals surface area contributed by atoms with Gasteiger partial charge in [-0.05, 0) is 31.0 Å². The van der Waals surface area contributed by atoms with Crippen molar-refractivity contribution in [2.24, 2.45) is 5.92 Å². The summed E-state index contributed by atoms with van der Waals surface area (Å²) >= 11 is 0. The Kier molecular flexibility index (Phi) is 6.03. The summed E-state index contributed by atoms with van der Waals surface area (Å²) in [5.41, 5.74) is 0.390. The highest BCUT2D eigenvalue weighted by Crippen LogP contribution is 2.14. The number of methoxy groups -OCH3 is 1. The van der Waals surface area contributed by atoms with Gasteiger partial charge in [-0.1, -0.05) is 19.9 Å². The molecule has 5 nitrogen and oxygen atoms in total. The highest BCUT2D eigenvalue weighted by Gasteiger charge is 2.12. The van der Waals surface area contributed by atoms with Gasteiger partial charge in [-0.3, -0.25) is 4.79 Å². The fraction of sp³-hybridized carbons (Fsp3) is 0.467. The van der Waals surface area contributed by atoms with E-state index in [1.54, 1.807) is 24.3 Å². The zero-order valence-corrected chi connectivity index (χ0v) is 12.3. The third kappa shape index (κ3) is 4.91. The number of ether oxygens (including phenoxy) is 2. The summed E-state index contributed by atoms with van der Waals surface area (Å²) in [4.78, 5) is 23.0. The molecule has 20 heavy (non-hydrogen) atoms. The van der Waals surface area contributed by atoms with E-state index in [4.69, 9.17) is 4.74 Å². The number of rotatable bonds is 6. The number of nitrogens with one attached hydrogen (secondary N) is 1. The van der Waals surface area contributed by atoms with E-state index in [-0.39, 0.29) is 18.6 Å². The molecule has 0 saturated heterocycles. The van der Waals surface area contributed by atoms with Gasteiger partial charge in [0.1, 0.15) is 5.75 Å². The fourth-order valence-electron chi connectivity index (χ4n) is 1.44. The molecule has 0 unspecified atom stereocenters. The highest BCUT2D eigenvalue weighted by atomic mass is 16.5. The summed E-state index contributed by atoms with van der Waals surface area (Å²) in [5.74, 6) is 0.199. The van der Waals surface area contributed by atoms with Gasteiger partial charge in [-0.2, -0.15) is 0 Å². The van der Waals surface area contributed by atoms with Crippen molar-refractivity contribution in [2.75, 3.05) is 13.7 Å². The van der Waals surface area contributed by atoms with E-state index in [9.17, 15) is 9.59 Å². The lowest BCUT2D eigenvalue weighted by Gasteiger charge is -2.17. The van der Waals surface area contributed by atoms with Gasteiger partial charge >= 0.3 is 5.97 Å². The molecule has 0 aliphatic heterocycles. The predicted molar refractivity (Wildman–Crippen MR) is 75.7 cm³/mol. The molecule has 1 amide bonds. The smallest absolute Gasteiger partial charge is 0.337 e. The summed E-state index contributed by atoms with van der Waals surface area (Å²) in [6.45, 7) is 5.93. The second kappa shape index (κ2) is 7.53. The minimum atomic E-state index is -0.437. The van der Waals surface area contributed by atoms with Crippen LogP contribution in [0, 0.1) is 5.92 Å². The van der Waals surface area contributed by atoms with Crippen LogP contribution in [0.25, 0.3) is 0 Å². The number of benzene rings is 1. The zero-order chi connectivity index (χ0) is 15.1. The van der Waals surface area contributed by atoms with Crippen molar-refractivity contribution in [3.63, 3.8) is 0 Å². The first-order valence-electron chi connectivity index (χ1n) is 6.54. The Morgan fingerprint density at radius 1 is 1.25 bits per heavy atom. The number of amides is 1. The average Bonchev–Trinajstić information content (AvgIpc) is 2.44. The summed E-state index contributed by atoms with van der Waals surface area (Å²) in [5, 5.41) is 2.84. The topological polar surface area (TPSA) is 64.6 Å². The summed E-state index contributed by atoms with van der Waals surface area (Å²) in [6.07, 6.45) is 0. The second-order valence-electron chi connectivity index (χ2n) is 4.91. The predicted octanol–water partition coefficient (Wildman–Crippen LogP) is 2.01. The van der Waals surface area contributed by atoms with Crippen LogP contribution in [0.4, 0.5) is 0 Å². The van der Waals surface area contributed by atoms with Crippen molar-refractivity contribution in [3.8, 4) is 5.75 Å². The lowest BCUT2D eigenvalue weighted by Crippen LogP contribution is -2.38. The molecule has 0 aromatic heterocycles. The maximum atomic E-state index is 11.7. The minimum absolute atomic E-state index is 0.0817. The molecule has 0 fully saturated rings. The number of carbonyl (C=O) groups excluding carboxylic acids is 2.